The first-order valence-corrected chi connectivity index (χ1v) is 7.54. The second-order valence-electron chi connectivity index (χ2n) is 4.00. The van der Waals surface area contributed by atoms with Gasteiger partial charge in [-0.15, -0.1) is 11.3 Å². The first kappa shape index (κ1) is 13.4. The Morgan fingerprint density at radius 2 is 2.22 bits per heavy atom. The SMILES string of the molecule is CCC(Nc1cc(Br)cc(OC)c1)c1cccs1. The van der Waals surface area contributed by atoms with Crippen molar-refractivity contribution in [1.82, 2.24) is 0 Å². The van der Waals surface area contributed by atoms with Gasteiger partial charge < -0.3 is 10.1 Å². The van der Waals surface area contributed by atoms with E-state index in [0.29, 0.717) is 6.04 Å². The Balaban J connectivity index is 2.19. The molecule has 1 aromatic carbocycles. The summed E-state index contributed by atoms with van der Waals surface area (Å²) >= 11 is 5.28. The average Bonchev–Trinajstić information content (AvgIpc) is 2.89. The molecule has 1 atom stereocenters. The van der Waals surface area contributed by atoms with Gasteiger partial charge in [0.25, 0.3) is 0 Å². The monoisotopic (exact) mass is 325 g/mol. The minimum Gasteiger partial charge on any atom is -0.497 e. The van der Waals surface area contributed by atoms with E-state index in [4.69, 9.17) is 4.74 Å². The zero-order chi connectivity index (χ0) is 13.0. The molecule has 0 amide bonds. The van der Waals surface area contributed by atoms with Gasteiger partial charge in [-0.3, -0.25) is 0 Å². The van der Waals surface area contributed by atoms with Crippen LogP contribution in [0.5, 0.6) is 5.75 Å². The molecule has 4 heteroatoms. The molecule has 0 aliphatic rings. The van der Waals surface area contributed by atoms with E-state index in [2.05, 4.69) is 51.7 Å². The predicted octanol–water partition coefficient (Wildman–Crippen LogP) is 5.08. The third kappa shape index (κ3) is 3.27. The molecule has 2 nitrogen and oxygen atoms in total. The first-order valence-electron chi connectivity index (χ1n) is 5.87. The van der Waals surface area contributed by atoms with E-state index >= 15 is 0 Å². The molecular formula is C14H16BrNOS. The van der Waals surface area contributed by atoms with E-state index in [1.54, 1.807) is 18.4 Å². The third-order valence-corrected chi connectivity index (χ3v) is 4.19. The summed E-state index contributed by atoms with van der Waals surface area (Å²) < 4.78 is 6.29. The van der Waals surface area contributed by atoms with E-state index in [1.807, 2.05) is 12.1 Å². The van der Waals surface area contributed by atoms with Gasteiger partial charge in [0.2, 0.25) is 0 Å². The summed E-state index contributed by atoms with van der Waals surface area (Å²) in [5, 5.41) is 5.66. The fourth-order valence-corrected chi connectivity index (χ4v) is 3.16. The fraction of sp³-hybridized carbons (Fsp3) is 0.286. The van der Waals surface area contributed by atoms with Crippen LogP contribution in [0.15, 0.2) is 40.2 Å². The van der Waals surface area contributed by atoms with Crippen molar-refractivity contribution in [2.24, 2.45) is 0 Å². The number of hydrogen-bond donors (Lipinski definition) is 1. The standard InChI is InChI=1S/C14H16BrNOS/c1-3-13(14-5-4-6-18-14)16-11-7-10(15)8-12(9-11)17-2/h4-9,13,16H,3H2,1-2H3. The Kier molecular flexibility index (Phi) is 4.66. The smallest absolute Gasteiger partial charge is 0.122 e. The largest absolute Gasteiger partial charge is 0.497 e. The van der Waals surface area contributed by atoms with E-state index in [-0.39, 0.29) is 0 Å². The molecule has 1 unspecified atom stereocenters. The van der Waals surface area contributed by atoms with Gasteiger partial charge in [-0.1, -0.05) is 28.9 Å². The summed E-state index contributed by atoms with van der Waals surface area (Å²) in [4.78, 5) is 1.36. The second-order valence-corrected chi connectivity index (χ2v) is 5.90. The topological polar surface area (TPSA) is 21.3 Å². The molecule has 0 fully saturated rings. The first-order chi connectivity index (χ1) is 8.72. The van der Waals surface area contributed by atoms with Crippen LogP contribution in [-0.4, -0.2) is 7.11 Å². The summed E-state index contributed by atoms with van der Waals surface area (Å²) in [6.07, 6.45) is 1.05. The lowest BCUT2D eigenvalue weighted by Crippen LogP contribution is -2.08. The van der Waals surface area contributed by atoms with Gasteiger partial charge in [0.1, 0.15) is 5.75 Å². The van der Waals surface area contributed by atoms with E-state index < -0.39 is 0 Å². The number of thiophene rings is 1. The van der Waals surface area contributed by atoms with Crippen LogP contribution in [0.4, 0.5) is 5.69 Å². The van der Waals surface area contributed by atoms with Crippen LogP contribution in [0.3, 0.4) is 0 Å². The van der Waals surface area contributed by atoms with Crippen LogP contribution in [-0.2, 0) is 0 Å². The molecule has 2 rings (SSSR count). The van der Waals surface area contributed by atoms with Gasteiger partial charge in [0.15, 0.2) is 0 Å². The van der Waals surface area contributed by atoms with Crippen LogP contribution in [0.25, 0.3) is 0 Å². The van der Waals surface area contributed by atoms with Crippen LogP contribution >= 0.6 is 27.3 Å². The van der Waals surface area contributed by atoms with Crippen LogP contribution in [0.2, 0.25) is 0 Å². The molecule has 0 aliphatic heterocycles. The number of benzene rings is 1. The highest BCUT2D eigenvalue weighted by molar-refractivity contribution is 9.10. The molecule has 1 aromatic heterocycles. The van der Waals surface area contributed by atoms with Crippen LogP contribution in [0.1, 0.15) is 24.3 Å². The van der Waals surface area contributed by atoms with Crippen molar-refractivity contribution in [3.63, 3.8) is 0 Å². The molecule has 0 spiro atoms. The van der Waals surface area contributed by atoms with Gasteiger partial charge in [0, 0.05) is 21.1 Å². The van der Waals surface area contributed by atoms with Gasteiger partial charge in [0.05, 0.1) is 13.2 Å². The maximum absolute atomic E-state index is 5.27. The highest BCUT2D eigenvalue weighted by atomic mass is 79.9. The Morgan fingerprint density at radius 1 is 1.39 bits per heavy atom. The van der Waals surface area contributed by atoms with E-state index in [9.17, 15) is 0 Å². The molecule has 0 saturated carbocycles. The Labute approximate surface area is 120 Å². The summed E-state index contributed by atoms with van der Waals surface area (Å²) in [6.45, 7) is 2.19. The van der Waals surface area contributed by atoms with E-state index in [0.717, 1.165) is 22.3 Å². The molecule has 1 heterocycles. The number of methoxy groups -OCH3 is 1. The van der Waals surface area contributed by atoms with Crippen LogP contribution < -0.4 is 10.1 Å². The maximum Gasteiger partial charge on any atom is 0.122 e. The molecule has 0 saturated heterocycles. The van der Waals surface area contributed by atoms with Gasteiger partial charge >= 0.3 is 0 Å². The van der Waals surface area contributed by atoms with Crippen molar-refractivity contribution in [1.29, 1.82) is 0 Å². The van der Waals surface area contributed by atoms with Crippen molar-refractivity contribution in [3.05, 3.63) is 45.1 Å². The summed E-state index contributed by atoms with van der Waals surface area (Å²) in [5.41, 5.74) is 1.07. The molecule has 0 bridgehead atoms. The van der Waals surface area contributed by atoms with Gasteiger partial charge in [-0.25, -0.2) is 0 Å². The molecule has 0 radical (unpaired) electrons. The molecule has 0 aliphatic carbocycles. The molecule has 18 heavy (non-hydrogen) atoms. The number of rotatable bonds is 5. The third-order valence-electron chi connectivity index (χ3n) is 2.74. The molecule has 1 N–H and O–H groups in total. The average molecular weight is 326 g/mol. The lowest BCUT2D eigenvalue weighted by molar-refractivity contribution is 0.414. The van der Waals surface area contributed by atoms with E-state index in [1.165, 1.54) is 4.88 Å². The zero-order valence-corrected chi connectivity index (χ0v) is 12.8. The fourth-order valence-electron chi connectivity index (χ4n) is 1.83. The highest BCUT2D eigenvalue weighted by Crippen LogP contribution is 2.30. The number of halogens is 1. The lowest BCUT2D eigenvalue weighted by atomic mass is 10.1. The summed E-state index contributed by atoms with van der Waals surface area (Å²) in [7, 11) is 1.68. The van der Waals surface area contributed by atoms with Gasteiger partial charge in [-0.05, 0) is 30.0 Å². The van der Waals surface area contributed by atoms with Crippen molar-refractivity contribution < 1.29 is 4.74 Å². The van der Waals surface area contributed by atoms with Gasteiger partial charge in [-0.2, -0.15) is 0 Å². The van der Waals surface area contributed by atoms with Crippen molar-refractivity contribution in [2.45, 2.75) is 19.4 Å². The molecule has 96 valence electrons. The Hall–Kier alpha value is -1.00. The molecular weight excluding hydrogens is 310 g/mol. The summed E-state index contributed by atoms with van der Waals surface area (Å²) in [5.74, 6) is 0.855. The normalized spacial score (nSPS) is 12.2. The zero-order valence-electron chi connectivity index (χ0n) is 10.4. The van der Waals surface area contributed by atoms with Crippen molar-refractivity contribution >= 4 is 33.0 Å². The van der Waals surface area contributed by atoms with Crippen molar-refractivity contribution in [3.8, 4) is 5.75 Å². The Bertz CT molecular complexity index is 499. The number of hydrogen-bond acceptors (Lipinski definition) is 3. The number of ether oxygens (including phenoxy) is 1. The molecule has 2 aromatic rings. The second kappa shape index (κ2) is 6.25. The number of nitrogens with one attached hydrogen (secondary N) is 1. The maximum atomic E-state index is 5.27. The van der Waals surface area contributed by atoms with Crippen molar-refractivity contribution in [2.75, 3.05) is 12.4 Å². The summed E-state index contributed by atoms with van der Waals surface area (Å²) in [6, 6.07) is 10.6. The number of anilines is 1. The van der Waals surface area contributed by atoms with Crippen LogP contribution in [0, 0.1) is 0 Å². The predicted molar refractivity (Wildman–Crippen MR) is 81.7 cm³/mol. The minimum absolute atomic E-state index is 0.351. The minimum atomic E-state index is 0.351. The quantitative estimate of drug-likeness (QED) is 0.827. The Morgan fingerprint density at radius 3 is 2.83 bits per heavy atom. The highest BCUT2D eigenvalue weighted by Gasteiger charge is 2.10. The lowest BCUT2D eigenvalue weighted by Gasteiger charge is -2.17.